The normalized spacial score (nSPS) is 12.2. The van der Waals surface area contributed by atoms with Gasteiger partial charge in [-0.25, -0.2) is 0 Å². The Labute approximate surface area is 129 Å². The Morgan fingerprint density at radius 1 is 1.05 bits per heavy atom. The molecule has 0 spiro atoms. The molecule has 0 aliphatic carbocycles. The van der Waals surface area contributed by atoms with E-state index in [1.54, 1.807) is 3.58 Å². The monoisotopic (exact) mass is 396 g/mol. The van der Waals surface area contributed by atoms with Gasteiger partial charge in [0, 0.05) is 0 Å². The van der Waals surface area contributed by atoms with Crippen molar-refractivity contribution in [1.82, 2.24) is 0 Å². The topological polar surface area (TPSA) is 9.23 Å². The van der Waals surface area contributed by atoms with Crippen LogP contribution in [0.15, 0.2) is 49.6 Å². The quantitative estimate of drug-likeness (QED) is 0.481. The number of allylic oxidation sites excluding steroid dienone is 2. The van der Waals surface area contributed by atoms with Gasteiger partial charge in [-0.05, 0) is 0 Å². The van der Waals surface area contributed by atoms with E-state index in [9.17, 15) is 0 Å². The predicted octanol–water partition coefficient (Wildman–Crippen LogP) is 3.79. The molecule has 0 saturated heterocycles. The second-order valence-corrected chi connectivity index (χ2v) is 24.4. The van der Waals surface area contributed by atoms with Crippen molar-refractivity contribution in [3.05, 3.63) is 49.6 Å². The standard InChI is InChI=1S/C14H19OSi.3CH3.Sn/c1-4-12-16(13-5-2,15-6-3)14-10-8-7-9-11-14;;;;/h4-5,8-11H,1-2,6,12-13H2,3H3;3*1H3;. The Kier molecular flexibility index (Phi) is 6.75. The summed E-state index contributed by atoms with van der Waals surface area (Å²) in [5.74, 6) is 0. The van der Waals surface area contributed by atoms with Gasteiger partial charge in [-0.3, -0.25) is 0 Å². The molecule has 1 aromatic rings. The molecule has 0 aliphatic heterocycles. The van der Waals surface area contributed by atoms with Crippen LogP contribution in [-0.2, 0) is 4.43 Å². The van der Waals surface area contributed by atoms with Gasteiger partial charge in [0.1, 0.15) is 0 Å². The molecule has 0 fully saturated rings. The molecule has 0 saturated carbocycles. The van der Waals surface area contributed by atoms with Crippen molar-refractivity contribution in [2.75, 3.05) is 6.61 Å². The van der Waals surface area contributed by atoms with Crippen molar-refractivity contribution in [1.29, 1.82) is 0 Å². The van der Waals surface area contributed by atoms with Crippen molar-refractivity contribution in [2.24, 2.45) is 0 Å². The van der Waals surface area contributed by atoms with Crippen LogP contribution >= 0.6 is 0 Å². The molecule has 20 heavy (non-hydrogen) atoms. The van der Waals surface area contributed by atoms with E-state index in [0.717, 1.165) is 18.7 Å². The van der Waals surface area contributed by atoms with E-state index in [2.05, 4.69) is 59.2 Å². The third-order valence-corrected chi connectivity index (χ3v) is 13.7. The summed E-state index contributed by atoms with van der Waals surface area (Å²) in [7, 11) is -1.97. The predicted molar refractivity (Wildman–Crippen MR) is 96.4 cm³/mol. The molecule has 1 aromatic carbocycles. The average molecular weight is 395 g/mol. The van der Waals surface area contributed by atoms with Crippen LogP contribution in [0, 0.1) is 0 Å². The Morgan fingerprint density at radius 2 is 1.55 bits per heavy atom. The third kappa shape index (κ3) is 4.33. The zero-order valence-corrected chi connectivity index (χ0v) is 17.3. The number of hydrogen-bond acceptors (Lipinski definition) is 1. The third-order valence-electron chi connectivity index (χ3n) is 3.65. The van der Waals surface area contributed by atoms with Gasteiger partial charge in [0.15, 0.2) is 0 Å². The summed E-state index contributed by atoms with van der Waals surface area (Å²) >= 11 is -1.96. The first-order valence-electron chi connectivity index (χ1n) is 7.36. The molecule has 0 radical (unpaired) electrons. The maximum atomic E-state index is 6.24. The van der Waals surface area contributed by atoms with Crippen LogP contribution < -0.4 is 8.77 Å². The van der Waals surface area contributed by atoms with Crippen molar-refractivity contribution in [3.8, 4) is 0 Å². The van der Waals surface area contributed by atoms with E-state index < -0.39 is 26.7 Å². The fourth-order valence-corrected chi connectivity index (χ4v) is 9.17. The fourth-order valence-electron chi connectivity index (χ4n) is 2.54. The minimum atomic E-state index is -1.97. The molecule has 0 amide bonds. The zero-order valence-electron chi connectivity index (χ0n) is 13.4. The molecule has 3 heteroatoms. The molecular weight excluding hydrogens is 367 g/mol. The van der Waals surface area contributed by atoms with E-state index in [-0.39, 0.29) is 0 Å². The van der Waals surface area contributed by atoms with E-state index in [1.165, 1.54) is 5.19 Å². The van der Waals surface area contributed by atoms with Crippen molar-refractivity contribution in [3.63, 3.8) is 0 Å². The summed E-state index contributed by atoms with van der Waals surface area (Å²) in [6, 6.07) is 11.2. The summed E-state index contributed by atoms with van der Waals surface area (Å²) < 4.78 is 7.80. The zero-order chi connectivity index (χ0) is 15.2. The second kappa shape index (κ2) is 7.62. The Bertz CT molecular complexity index is 435. The van der Waals surface area contributed by atoms with Gasteiger partial charge in [-0.15, -0.1) is 0 Å². The van der Waals surface area contributed by atoms with Gasteiger partial charge in [0.05, 0.1) is 0 Å². The van der Waals surface area contributed by atoms with E-state index >= 15 is 0 Å². The van der Waals surface area contributed by atoms with Crippen molar-refractivity contribution < 1.29 is 4.43 Å². The number of rotatable bonds is 8. The van der Waals surface area contributed by atoms with Crippen LogP contribution in [-0.4, -0.2) is 33.3 Å². The number of hydrogen-bond donors (Lipinski definition) is 0. The molecular formula is C17H28OSiSn. The van der Waals surface area contributed by atoms with Crippen LogP contribution in [0.25, 0.3) is 0 Å². The molecule has 1 rings (SSSR count). The molecule has 0 aromatic heterocycles. The Hall–Kier alpha value is -0.324. The van der Waals surface area contributed by atoms with E-state index in [1.807, 2.05) is 12.2 Å². The van der Waals surface area contributed by atoms with Crippen LogP contribution in [0.5, 0.6) is 0 Å². The van der Waals surface area contributed by atoms with Crippen LogP contribution in [0.2, 0.25) is 26.9 Å². The van der Waals surface area contributed by atoms with Crippen LogP contribution in [0.1, 0.15) is 6.92 Å². The Morgan fingerprint density at radius 3 is 1.90 bits per heavy atom. The maximum absolute atomic E-state index is 6.24. The summed E-state index contributed by atoms with van der Waals surface area (Å²) in [6.07, 6.45) is 4.00. The van der Waals surface area contributed by atoms with Gasteiger partial charge in [0.25, 0.3) is 0 Å². The van der Waals surface area contributed by atoms with E-state index in [4.69, 9.17) is 4.43 Å². The first-order chi connectivity index (χ1) is 9.39. The van der Waals surface area contributed by atoms with Gasteiger partial charge in [-0.1, -0.05) is 0 Å². The van der Waals surface area contributed by atoms with Gasteiger partial charge >= 0.3 is 130 Å². The van der Waals surface area contributed by atoms with Gasteiger partial charge in [-0.2, -0.15) is 0 Å². The van der Waals surface area contributed by atoms with Crippen molar-refractivity contribution >= 4 is 35.5 Å². The molecule has 0 unspecified atom stereocenters. The first kappa shape index (κ1) is 17.7. The first-order valence-corrected chi connectivity index (χ1v) is 19.7. The molecule has 0 N–H and O–H groups in total. The molecule has 1 nitrogen and oxygen atoms in total. The molecule has 0 aliphatic rings. The van der Waals surface area contributed by atoms with E-state index in [0.29, 0.717) is 0 Å². The second-order valence-electron chi connectivity index (χ2n) is 6.24. The summed E-state index contributed by atoms with van der Waals surface area (Å²) in [6.45, 7) is 10.7. The van der Waals surface area contributed by atoms with Crippen LogP contribution in [0.3, 0.4) is 0 Å². The summed E-state index contributed by atoms with van der Waals surface area (Å²) in [4.78, 5) is 7.35. The summed E-state index contributed by atoms with van der Waals surface area (Å²) in [5, 5.41) is 1.37. The SMILES string of the molecule is C=CC[Si](CC=C)(OCC)c1cc[c]([Sn]([CH3])([CH3])[CH3])cc1. The van der Waals surface area contributed by atoms with Gasteiger partial charge in [0.2, 0.25) is 0 Å². The number of benzene rings is 1. The van der Waals surface area contributed by atoms with Gasteiger partial charge < -0.3 is 0 Å². The molecule has 110 valence electrons. The minimum absolute atomic E-state index is 0.758. The average Bonchev–Trinajstić information content (AvgIpc) is 2.38. The van der Waals surface area contributed by atoms with Crippen LogP contribution in [0.4, 0.5) is 0 Å². The molecule has 0 bridgehead atoms. The van der Waals surface area contributed by atoms with Crippen molar-refractivity contribution in [2.45, 2.75) is 33.8 Å². The Balaban J connectivity index is 3.19. The molecule has 0 atom stereocenters. The fraction of sp³-hybridized carbons (Fsp3) is 0.412. The molecule has 0 heterocycles. The summed E-state index contributed by atoms with van der Waals surface area (Å²) in [5.41, 5.74) is 0.